The monoisotopic (exact) mass is 498 g/mol. The van der Waals surface area contributed by atoms with Gasteiger partial charge in [-0.2, -0.15) is 0 Å². The van der Waals surface area contributed by atoms with Crippen LogP contribution in [0.3, 0.4) is 0 Å². The van der Waals surface area contributed by atoms with Crippen molar-refractivity contribution in [3.05, 3.63) is 54.3 Å². The van der Waals surface area contributed by atoms with Crippen LogP contribution < -0.4 is 0 Å². The summed E-state index contributed by atoms with van der Waals surface area (Å²) in [6, 6.07) is 12.4. The summed E-state index contributed by atoms with van der Waals surface area (Å²) in [4.78, 5) is 2.38. The molecule has 0 amide bonds. The zero-order chi connectivity index (χ0) is 12.4. The standard InChI is InChI=1S/C12H6Br4S/c13-7-1-3-11(9(15)5-7)17-12-4-2-8(14)6-10(12)16/h1-6H. The van der Waals surface area contributed by atoms with Crippen molar-refractivity contribution in [2.45, 2.75) is 9.79 Å². The Morgan fingerprint density at radius 2 is 1.06 bits per heavy atom. The summed E-state index contributed by atoms with van der Waals surface area (Å²) in [7, 11) is 0. The predicted molar refractivity (Wildman–Crippen MR) is 87.8 cm³/mol. The van der Waals surface area contributed by atoms with E-state index in [1.54, 1.807) is 11.8 Å². The molecule has 17 heavy (non-hydrogen) atoms. The topological polar surface area (TPSA) is 0 Å². The van der Waals surface area contributed by atoms with Crippen LogP contribution in [0.25, 0.3) is 0 Å². The molecular weight excluding hydrogens is 496 g/mol. The van der Waals surface area contributed by atoms with Crippen LogP contribution in [0, 0.1) is 0 Å². The Balaban J connectivity index is 2.31. The second kappa shape index (κ2) is 6.24. The lowest BCUT2D eigenvalue weighted by Crippen LogP contribution is -1.78. The molecule has 0 fully saturated rings. The van der Waals surface area contributed by atoms with Gasteiger partial charge in [0.15, 0.2) is 0 Å². The highest BCUT2D eigenvalue weighted by Gasteiger charge is 2.06. The Bertz CT molecular complexity index is 505. The fourth-order valence-corrected chi connectivity index (χ4v) is 4.64. The Hall–Kier alpha value is 0.710. The molecule has 0 aliphatic rings. The van der Waals surface area contributed by atoms with Crippen LogP contribution in [0.15, 0.2) is 64.1 Å². The first kappa shape index (κ1) is 14.1. The quantitative estimate of drug-likeness (QED) is 0.432. The highest BCUT2D eigenvalue weighted by Crippen LogP contribution is 2.39. The van der Waals surface area contributed by atoms with E-state index in [-0.39, 0.29) is 0 Å². The van der Waals surface area contributed by atoms with Crippen molar-refractivity contribution in [3.63, 3.8) is 0 Å². The van der Waals surface area contributed by atoms with Gasteiger partial charge in [-0.25, -0.2) is 0 Å². The third kappa shape index (κ3) is 3.83. The second-order valence-corrected chi connectivity index (χ2v) is 7.88. The van der Waals surface area contributed by atoms with E-state index in [2.05, 4.69) is 88.0 Å². The van der Waals surface area contributed by atoms with Gasteiger partial charge in [0.1, 0.15) is 0 Å². The van der Waals surface area contributed by atoms with Gasteiger partial charge in [0, 0.05) is 27.7 Å². The fraction of sp³-hybridized carbons (Fsp3) is 0. The predicted octanol–water partition coefficient (Wildman–Crippen LogP) is 6.89. The average Bonchev–Trinajstić information content (AvgIpc) is 2.25. The SMILES string of the molecule is Brc1ccc(Sc2ccc(Br)cc2Br)c(Br)c1. The molecule has 0 unspecified atom stereocenters. The Kier molecular flexibility index (Phi) is 5.18. The third-order valence-corrected chi connectivity index (χ3v) is 5.98. The van der Waals surface area contributed by atoms with Crippen LogP contribution in [0.1, 0.15) is 0 Å². The zero-order valence-corrected chi connectivity index (χ0v) is 15.5. The summed E-state index contributed by atoms with van der Waals surface area (Å²) in [5, 5.41) is 0. The largest absolute Gasteiger partial charge is 0.0877 e. The van der Waals surface area contributed by atoms with E-state index >= 15 is 0 Å². The van der Waals surface area contributed by atoms with Gasteiger partial charge in [-0.3, -0.25) is 0 Å². The van der Waals surface area contributed by atoms with Gasteiger partial charge in [0.05, 0.1) is 0 Å². The smallest absolute Gasteiger partial charge is 0.0326 e. The first-order valence-corrected chi connectivity index (χ1v) is 8.63. The van der Waals surface area contributed by atoms with Gasteiger partial charge >= 0.3 is 0 Å². The summed E-state index contributed by atoms with van der Waals surface area (Å²) < 4.78 is 4.32. The van der Waals surface area contributed by atoms with Crippen molar-refractivity contribution in [2.24, 2.45) is 0 Å². The van der Waals surface area contributed by atoms with Gasteiger partial charge in [0.2, 0.25) is 0 Å². The van der Waals surface area contributed by atoms with Crippen molar-refractivity contribution in [1.82, 2.24) is 0 Å². The molecule has 0 aliphatic carbocycles. The van der Waals surface area contributed by atoms with E-state index in [9.17, 15) is 0 Å². The number of hydrogen-bond acceptors (Lipinski definition) is 1. The Morgan fingerprint density at radius 3 is 1.41 bits per heavy atom. The number of halogens is 4. The molecule has 0 N–H and O–H groups in total. The highest BCUT2D eigenvalue weighted by atomic mass is 79.9. The normalized spacial score (nSPS) is 10.6. The molecule has 0 aromatic heterocycles. The van der Waals surface area contributed by atoms with E-state index in [0.29, 0.717) is 0 Å². The summed E-state index contributed by atoms with van der Waals surface area (Å²) in [6.45, 7) is 0. The van der Waals surface area contributed by atoms with Crippen molar-refractivity contribution in [1.29, 1.82) is 0 Å². The maximum absolute atomic E-state index is 3.57. The lowest BCUT2D eigenvalue weighted by Gasteiger charge is -2.07. The van der Waals surface area contributed by atoms with Crippen LogP contribution in [0.4, 0.5) is 0 Å². The van der Waals surface area contributed by atoms with Crippen molar-refractivity contribution < 1.29 is 0 Å². The van der Waals surface area contributed by atoms with Crippen molar-refractivity contribution in [2.75, 3.05) is 0 Å². The summed E-state index contributed by atoms with van der Waals surface area (Å²) in [5.74, 6) is 0. The van der Waals surface area contributed by atoms with E-state index in [1.807, 2.05) is 12.1 Å². The van der Waals surface area contributed by atoms with Crippen LogP contribution >= 0.6 is 75.5 Å². The Labute approximate surface area is 138 Å². The van der Waals surface area contributed by atoms with E-state index < -0.39 is 0 Å². The molecule has 0 heterocycles. The van der Waals surface area contributed by atoms with Gasteiger partial charge in [-0.05, 0) is 68.3 Å². The molecule has 2 rings (SSSR count). The molecule has 0 atom stereocenters. The summed E-state index contributed by atoms with van der Waals surface area (Å²) in [5.41, 5.74) is 0. The molecule has 0 spiro atoms. The van der Waals surface area contributed by atoms with Gasteiger partial charge < -0.3 is 0 Å². The number of hydrogen-bond donors (Lipinski definition) is 0. The second-order valence-electron chi connectivity index (χ2n) is 3.25. The molecule has 2 aromatic rings. The fourth-order valence-electron chi connectivity index (χ4n) is 1.23. The third-order valence-electron chi connectivity index (χ3n) is 2.01. The zero-order valence-electron chi connectivity index (χ0n) is 8.38. The van der Waals surface area contributed by atoms with E-state index in [4.69, 9.17) is 0 Å². The minimum Gasteiger partial charge on any atom is -0.0877 e. The molecule has 0 nitrogen and oxygen atoms in total. The molecule has 0 saturated carbocycles. The summed E-state index contributed by atoms with van der Waals surface area (Å²) in [6.07, 6.45) is 0. The average molecular weight is 502 g/mol. The first-order valence-electron chi connectivity index (χ1n) is 4.64. The molecule has 2 aromatic carbocycles. The van der Waals surface area contributed by atoms with Crippen LogP contribution in [0.5, 0.6) is 0 Å². The van der Waals surface area contributed by atoms with Crippen LogP contribution in [0.2, 0.25) is 0 Å². The van der Waals surface area contributed by atoms with Gasteiger partial charge in [-0.15, -0.1) is 0 Å². The minimum absolute atomic E-state index is 1.07. The van der Waals surface area contributed by atoms with Gasteiger partial charge in [-0.1, -0.05) is 43.6 Å². The maximum atomic E-state index is 3.57. The maximum Gasteiger partial charge on any atom is 0.0326 e. The molecule has 0 saturated heterocycles. The van der Waals surface area contributed by atoms with E-state index in [0.717, 1.165) is 17.9 Å². The van der Waals surface area contributed by atoms with Crippen LogP contribution in [-0.4, -0.2) is 0 Å². The van der Waals surface area contributed by atoms with E-state index in [1.165, 1.54) is 9.79 Å². The summed E-state index contributed by atoms with van der Waals surface area (Å²) >= 11 is 15.8. The molecule has 0 bridgehead atoms. The van der Waals surface area contributed by atoms with Crippen molar-refractivity contribution in [3.8, 4) is 0 Å². The molecule has 0 radical (unpaired) electrons. The lowest BCUT2D eigenvalue weighted by molar-refractivity contribution is 1.34. The van der Waals surface area contributed by atoms with Crippen molar-refractivity contribution >= 4 is 75.5 Å². The molecule has 88 valence electrons. The highest BCUT2D eigenvalue weighted by molar-refractivity contribution is 9.11. The van der Waals surface area contributed by atoms with Gasteiger partial charge in [0.25, 0.3) is 0 Å². The number of rotatable bonds is 2. The molecule has 5 heteroatoms. The Morgan fingerprint density at radius 1 is 0.647 bits per heavy atom. The minimum atomic E-state index is 1.07. The van der Waals surface area contributed by atoms with Crippen LogP contribution in [-0.2, 0) is 0 Å². The lowest BCUT2D eigenvalue weighted by atomic mass is 10.4. The number of benzene rings is 2. The molecule has 0 aliphatic heterocycles. The first-order chi connectivity index (χ1) is 8.06. The molecular formula is C12H6Br4S.